The van der Waals surface area contributed by atoms with Crippen LogP contribution < -0.4 is 10.1 Å². The summed E-state index contributed by atoms with van der Waals surface area (Å²) in [6.45, 7) is 3.78. The smallest absolute Gasteiger partial charge is 0.225 e. The summed E-state index contributed by atoms with van der Waals surface area (Å²) >= 11 is 0. The lowest BCUT2D eigenvalue weighted by Crippen LogP contribution is -2.27. The highest BCUT2D eigenvalue weighted by molar-refractivity contribution is 5.27. The van der Waals surface area contributed by atoms with Gasteiger partial charge in [-0.05, 0) is 19.3 Å². The maximum atomic E-state index is 5.09. The predicted octanol–water partition coefficient (Wildman–Crippen LogP) is 1.06. The van der Waals surface area contributed by atoms with Gasteiger partial charge in [-0.15, -0.1) is 10.2 Å². The highest BCUT2D eigenvalue weighted by Crippen LogP contribution is 2.20. The molecule has 2 aromatic heterocycles. The van der Waals surface area contributed by atoms with E-state index in [0.29, 0.717) is 17.7 Å². The molecule has 0 radical (unpaired) electrons. The molecule has 0 saturated carbocycles. The Balaban J connectivity index is 1.61. The summed E-state index contributed by atoms with van der Waals surface area (Å²) < 4.78 is 7.28. The minimum absolute atomic E-state index is 0.534. The first-order valence-electron chi connectivity index (χ1n) is 6.76. The van der Waals surface area contributed by atoms with E-state index in [1.54, 1.807) is 19.4 Å². The van der Waals surface area contributed by atoms with Crippen molar-refractivity contribution in [3.05, 3.63) is 23.9 Å². The number of ether oxygens (including phenoxy) is 1. The molecule has 1 unspecified atom stereocenters. The third kappa shape index (κ3) is 2.56. The van der Waals surface area contributed by atoms with Crippen LogP contribution in [0.1, 0.15) is 18.1 Å². The summed E-state index contributed by atoms with van der Waals surface area (Å²) in [5.74, 6) is 3.80. The van der Waals surface area contributed by atoms with Crippen molar-refractivity contribution in [1.82, 2.24) is 24.7 Å². The quantitative estimate of drug-likeness (QED) is 0.898. The van der Waals surface area contributed by atoms with Gasteiger partial charge in [-0.1, -0.05) is 0 Å². The van der Waals surface area contributed by atoms with E-state index < -0.39 is 0 Å². The van der Waals surface area contributed by atoms with Crippen LogP contribution in [0.15, 0.2) is 12.3 Å². The van der Waals surface area contributed by atoms with Crippen molar-refractivity contribution in [2.75, 3.05) is 19.0 Å². The van der Waals surface area contributed by atoms with E-state index in [9.17, 15) is 0 Å². The molecule has 0 aromatic carbocycles. The number of hydrogen-bond acceptors (Lipinski definition) is 6. The maximum Gasteiger partial charge on any atom is 0.225 e. The van der Waals surface area contributed by atoms with Crippen LogP contribution in [0.2, 0.25) is 0 Å². The molecule has 3 rings (SSSR count). The molecule has 0 amide bonds. The topological polar surface area (TPSA) is 77.8 Å². The number of aromatic nitrogens is 5. The van der Waals surface area contributed by atoms with Gasteiger partial charge in [0.2, 0.25) is 11.8 Å². The Morgan fingerprint density at radius 3 is 3.20 bits per heavy atom. The fourth-order valence-corrected chi connectivity index (χ4v) is 2.47. The molecule has 1 N–H and O–H groups in total. The second-order valence-electron chi connectivity index (χ2n) is 4.98. The maximum absolute atomic E-state index is 5.09. The Labute approximate surface area is 117 Å². The van der Waals surface area contributed by atoms with Gasteiger partial charge in [0.05, 0.1) is 7.11 Å². The van der Waals surface area contributed by atoms with E-state index >= 15 is 0 Å². The van der Waals surface area contributed by atoms with Crippen molar-refractivity contribution >= 4 is 5.95 Å². The molecule has 1 aliphatic heterocycles. The molecule has 0 spiro atoms. The molecule has 20 heavy (non-hydrogen) atoms. The number of methoxy groups -OCH3 is 1. The fraction of sp³-hybridized carbons (Fsp3) is 0.538. The van der Waals surface area contributed by atoms with E-state index in [4.69, 9.17) is 4.74 Å². The summed E-state index contributed by atoms with van der Waals surface area (Å²) in [6.07, 6.45) is 3.78. The molecule has 0 fully saturated rings. The monoisotopic (exact) mass is 274 g/mol. The molecular formula is C13H18N6O. The van der Waals surface area contributed by atoms with Crippen LogP contribution >= 0.6 is 0 Å². The first-order valence-corrected chi connectivity index (χ1v) is 6.76. The molecule has 7 nitrogen and oxygen atoms in total. The lowest BCUT2D eigenvalue weighted by Gasteiger charge is -2.24. The number of fused-ring (bicyclic) bond motifs is 1. The van der Waals surface area contributed by atoms with Crippen molar-refractivity contribution in [3.8, 4) is 5.88 Å². The van der Waals surface area contributed by atoms with Gasteiger partial charge in [0.25, 0.3) is 0 Å². The number of nitrogens with one attached hydrogen (secondary N) is 1. The molecule has 7 heteroatoms. The zero-order valence-electron chi connectivity index (χ0n) is 11.7. The van der Waals surface area contributed by atoms with Gasteiger partial charge in [0.15, 0.2) is 0 Å². The highest BCUT2D eigenvalue weighted by Gasteiger charge is 2.21. The summed E-state index contributed by atoms with van der Waals surface area (Å²) in [7, 11) is 1.60. The van der Waals surface area contributed by atoms with Gasteiger partial charge >= 0.3 is 0 Å². The van der Waals surface area contributed by atoms with Crippen LogP contribution in [0, 0.1) is 12.8 Å². The Hall–Kier alpha value is -2.18. The Morgan fingerprint density at radius 2 is 2.35 bits per heavy atom. The number of anilines is 1. The van der Waals surface area contributed by atoms with E-state index in [0.717, 1.165) is 37.6 Å². The number of aryl methyl sites for hydroxylation is 2. The zero-order chi connectivity index (χ0) is 13.9. The van der Waals surface area contributed by atoms with Crippen LogP contribution in [0.25, 0.3) is 0 Å². The predicted molar refractivity (Wildman–Crippen MR) is 73.6 cm³/mol. The van der Waals surface area contributed by atoms with E-state index in [-0.39, 0.29) is 0 Å². The summed E-state index contributed by atoms with van der Waals surface area (Å²) in [5, 5.41) is 11.6. The Bertz CT molecular complexity index is 596. The van der Waals surface area contributed by atoms with Crippen molar-refractivity contribution in [1.29, 1.82) is 0 Å². The SMILES string of the molecule is COc1ccnc(NCC2CCc3nnc(C)n3C2)n1. The van der Waals surface area contributed by atoms with Crippen LogP contribution in [-0.2, 0) is 13.0 Å². The molecule has 0 aliphatic carbocycles. The summed E-state index contributed by atoms with van der Waals surface area (Å²) in [5.41, 5.74) is 0. The third-order valence-corrected chi connectivity index (χ3v) is 3.62. The lowest BCUT2D eigenvalue weighted by molar-refractivity contribution is 0.375. The number of rotatable bonds is 4. The van der Waals surface area contributed by atoms with Crippen LogP contribution in [0.3, 0.4) is 0 Å². The zero-order valence-corrected chi connectivity index (χ0v) is 11.7. The molecule has 2 aromatic rings. The summed E-state index contributed by atoms with van der Waals surface area (Å²) in [6, 6.07) is 1.73. The van der Waals surface area contributed by atoms with Gasteiger partial charge in [0.1, 0.15) is 11.6 Å². The average molecular weight is 274 g/mol. The summed E-state index contributed by atoms with van der Waals surface area (Å²) in [4.78, 5) is 8.44. The van der Waals surface area contributed by atoms with Gasteiger partial charge in [-0.2, -0.15) is 4.98 Å². The largest absolute Gasteiger partial charge is 0.481 e. The van der Waals surface area contributed by atoms with Crippen molar-refractivity contribution in [2.24, 2.45) is 5.92 Å². The van der Waals surface area contributed by atoms with Gasteiger partial charge in [-0.25, -0.2) is 4.98 Å². The third-order valence-electron chi connectivity index (χ3n) is 3.62. The molecule has 0 bridgehead atoms. The minimum Gasteiger partial charge on any atom is -0.481 e. The van der Waals surface area contributed by atoms with Crippen molar-refractivity contribution in [3.63, 3.8) is 0 Å². The van der Waals surface area contributed by atoms with Crippen LogP contribution in [0.4, 0.5) is 5.95 Å². The van der Waals surface area contributed by atoms with E-state index in [1.807, 2.05) is 6.92 Å². The second-order valence-corrected chi connectivity index (χ2v) is 4.98. The molecular weight excluding hydrogens is 256 g/mol. The number of hydrogen-bond donors (Lipinski definition) is 1. The van der Waals surface area contributed by atoms with Gasteiger partial charge < -0.3 is 14.6 Å². The number of nitrogens with zero attached hydrogens (tertiary/aromatic N) is 5. The highest BCUT2D eigenvalue weighted by atomic mass is 16.5. The first kappa shape index (κ1) is 12.8. The van der Waals surface area contributed by atoms with E-state index in [1.165, 1.54) is 0 Å². The molecule has 3 heterocycles. The van der Waals surface area contributed by atoms with Gasteiger partial charge in [-0.3, -0.25) is 0 Å². The first-order chi connectivity index (χ1) is 9.76. The minimum atomic E-state index is 0.534. The fourth-order valence-electron chi connectivity index (χ4n) is 2.47. The molecule has 0 saturated heterocycles. The van der Waals surface area contributed by atoms with Gasteiger partial charge in [0, 0.05) is 31.8 Å². The molecule has 106 valence electrons. The standard InChI is InChI=1S/C13H18N6O/c1-9-17-18-11-4-3-10(8-19(9)11)7-15-13-14-6-5-12(16-13)20-2/h5-6,10H,3-4,7-8H2,1-2H3,(H,14,15,16). The normalized spacial score (nSPS) is 17.6. The van der Waals surface area contributed by atoms with Crippen molar-refractivity contribution in [2.45, 2.75) is 26.3 Å². The van der Waals surface area contributed by atoms with Crippen LogP contribution in [0.5, 0.6) is 5.88 Å². The Kier molecular flexibility index (Phi) is 3.49. The Morgan fingerprint density at radius 1 is 1.45 bits per heavy atom. The van der Waals surface area contributed by atoms with E-state index in [2.05, 4.69) is 30.0 Å². The molecule has 1 atom stereocenters. The van der Waals surface area contributed by atoms with Crippen molar-refractivity contribution < 1.29 is 4.74 Å². The molecule has 1 aliphatic rings. The average Bonchev–Trinajstić information content (AvgIpc) is 2.86. The lowest BCUT2D eigenvalue weighted by atomic mass is 9.99. The van der Waals surface area contributed by atoms with Crippen LogP contribution in [-0.4, -0.2) is 38.4 Å². The second kappa shape index (κ2) is 5.44.